The van der Waals surface area contributed by atoms with E-state index in [2.05, 4.69) is 63.3 Å². The first-order chi connectivity index (χ1) is 9.16. The van der Waals surface area contributed by atoms with Crippen molar-refractivity contribution in [2.24, 2.45) is 0 Å². The minimum absolute atomic E-state index is 0.900. The highest BCUT2D eigenvalue weighted by Gasteiger charge is 2.52. The SMILES string of the molecule is CCN(C)[Si]1(C)O[SiH](C)O[SiH](C)O[Si](C)(N(C)CC)O1. The predicted molar refractivity (Wildman–Crippen MR) is 90.2 cm³/mol. The third-order valence-corrected chi connectivity index (χ3v) is 19.5. The lowest BCUT2D eigenvalue weighted by Gasteiger charge is -2.47. The van der Waals surface area contributed by atoms with Crippen LogP contribution < -0.4 is 0 Å². The molecule has 20 heavy (non-hydrogen) atoms. The van der Waals surface area contributed by atoms with Crippen LogP contribution in [-0.2, 0) is 16.5 Å². The Bertz CT molecular complexity index is 302. The molecule has 0 N–H and O–H groups in total. The summed E-state index contributed by atoms with van der Waals surface area (Å²) in [6.07, 6.45) is 0. The first-order valence-electron chi connectivity index (χ1n) is 7.30. The maximum Gasteiger partial charge on any atom is 0.407 e. The summed E-state index contributed by atoms with van der Waals surface area (Å²) < 4.78 is 29.7. The van der Waals surface area contributed by atoms with Crippen LogP contribution in [0.4, 0.5) is 0 Å². The second-order valence-electron chi connectivity index (χ2n) is 5.43. The predicted octanol–water partition coefficient (Wildman–Crippen LogP) is 0.808. The van der Waals surface area contributed by atoms with E-state index in [9.17, 15) is 0 Å². The Morgan fingerprint density at radius 3 is 1.50 bits per heavy atom. The van der Waals surface area contributed by atoms with Crippen molar-refractivity contribution in [1.29, 1.82) is 0 Å². The van der Waals surface area contributed by atoms with E-state index in [1.807, 2.05) is 0 Å². The van der Waals surface area contributed by atoms with E-state index >= 15 is 0 Å². The van der Waals surface area contributed by atoms with Gasteiger partial charge in [-0.3, -0.25) is 9.13 Å². The van der Waals surface area contributed by atoms with E-state index < -0.39 is 36.0 Å². The van der Waals surface area contributed by atoms with Crippen molar-refractivity contribution in [2.45, 2.75) is 40.0 Å². The first kappa shape index (κ1) is 18.7. The lowest BCUT2D eigenvalue weighted by molar-refractivity contribution is 0.179. The molecule has 1 aliphatic rings. The van der Waals surface area contributed by atoms with Gasteiger partial charge in [-0.05, 0) is 53.4 Å². The quantitative estimate of drug-likeness (QED) is 0.696. The largest absolute Gasteiger partial charge is 0.420 e. The Balaban J connectivity index is 3.07. The highest BCUT2D eigenvalue weighted by Crippen LogP contribution is 2.26. The molecule has 0 bridgehead atoms. The lowest BCUT2D eigenvalue weighted by Crippen LogP contribution is -2.70. The zero-order valence-corrected chi connectivity index (χ0v) is 18.4. The molecule has 10 heteroatoms. The molecule has 1 fully saturated rings. The standard InChI is InChI=1S/C10H30N2O4Si4/c1-9-11(3)19(7)14-17(5)13-18(6)15-20(8,16-19)12(4)10-2/h17-18H,9-10H2,1-8H3. The molecule has 1 heterocycles. The Morgan fingerprint density at radius 2 is 1.20 bits per heavy atom. The Labute approximate surface area is 129 Å². The summed E-state index contributed by atoms with van der Waals surface area (Å²) in [6.45, 7) is 14.4. The summed E-state index contributed by atoms with van der Waals surface area (Å²) in [5.41, 5.74) is 0. The molecule has 1 saturated heterocycles. The third-order valence-electron chi connectivity index (χ3n) is 3.87. The van der Waals surface area contributed by atoms with Crippen LogP contribution in [0.3, 0.4) is 0 Å². The van der Waals surface area contributed by atoms with Crippen molar-refractivity contribution in [1.82, 2.24) is 9.13 Å². The summed E-state index contributed by atoms with van der Waals surface area (Å²) >= 11 is 0. The zero-order valence-electron chi connectivity index (χ0n) is 14.1. The van der Waals surface area contributed by atoms with Crippen molar-refractivity contribution in [3.8, 4) is 0 Å². The number of nitrogens with zero attached hydrogens (tertiary/aromatic N) is 2. The minimum Gasteiger partial charge on any atom is -0.420 e. The Morgan fingerprint density at radius 1 is 0.850 bits per heavy atom. The molecule has 0 aromatic heterocycles. The van der Waals surface area contributed by atoms with Gasteiger partial charge in [0.15, 0.2) is 0 Å². The Hall–Kier alpha value is 0.628. The molecule has 0 saturated carbocycles. The third kappa shape index (κ3) is 4.31. The van der Waals surface area contributed by atoms with Crippen molar-refractivity contribution < 1.29 is 16.5 Å². The van der Waals surface area contributed by atoms with E-state index in [4.69, 9.17) is 16.5 Å². The van der Waals surface area contributed by atoms with Gasteiger partial charge in [0.1, 0.15) is 0 Å². The van der Waals surface area contributed by atoms with Gasteiger partial charge in [0.05, 0.1) is 0 Å². The average molecular weight is 355 g/mol. The normalized spacial score (nSPS) is 39.9. The molecule has 1 aliphatic heterocycles. The zero-order chi connectivity index (χ0) is 15.6. The average Bonchev–Trinajstić information content (AvgIpc) is 2.34. The van der Waals surface area contributed by atoms with Crippen molar-refractivity contribution >= 4 is 36.0 Å². The van der Waals surface area contributed by atoms with E-state index in [1.54, 1.807) is 0 Å². The molecule has 0 spiro atoms. The molecule has 0 radical (unpaired) electrons. The van der Waals surface area contributed by atoms with Gasteiger partial charge in [-0.15, -0.1) is 0 Å². The van der Waals surface area contributed by atoms with Gasteiger partial charge < -0.3 is 16.5 Å². The summed E-state index contributed by atoms with van der Waals surface area (Å²) in [5.74, 6) is 0. The highest BCUT2D eigenvalue weighted by atomic mass is 28.5. The summed E-state index contributed by atoms with van der Waals surface area (Å²) in [7, 11) is -4.12. The van der Waals surface area contributed by atoms with Gasteiger partial charge in [-0.2, -0.15) is 0 Å². The molecule has 6 nitrogen and oxygen atoms in total. The maximum atomic E-state index is 6.59. The summed E-state index contributed by atoms with van der Waals surface area (Å²) in [5, 5.41) is 0. The van der Waals surface area contributed by atoms with E-state index in [0.717, 1.165) is 13.1 Å². The highest BCUT2D eigenvalue weighted by molar-refractivity contribution is 6.84. The van der Waals surface area contributed by atoms with Crippen LogP contribution in [0.1, 0.15) is 13.8 Å². The van der Waals surface area contributed by atoms with Crippen LogP contribution in [-0.4, -0.2) is 72.3 Å². The van der Waals surface area contributed by atoms with Gasteiger partial charge in [-0.25, -0.2) is 0 Å². The van der Waals surface area contributed by atoms with Gasteiger partial charge in [0.2, 0.25) is 0 Å². The van der Waals surface area contributed by atoms with Crippen molar-refractivity contribution in [3.05, 3.63) is 0 Å². The summed E-state index contributed by atoms with van der Waals surface area (Å²) in [4.78, 5) is 0. The topological polar surface area (TPSA) is 43.4 Å². The molecule has 0 amide bonds. The van der Waals surface area contributed by atoms with Gasteiger partial charge >= 0.3 is 36.0 Å². The molecule has 120 valence electrons. The minimum atomic E-state index is -2.44. The van der Waals surface area contributed by atoms with E-state index in [-0.39, 0.29) is 0 Å². The summed E-state index contributed by atoms with van der Waals surface area (Å²) in [6, 6.07) is 0. The van der Waals surface area contributed by atoms with Crippen LogP contribution in [0.15, 0.2) is 0 Å². The van der Waals surface area contributed by atoms with Crippen LogP contribution in [0, 0.1) is 0 Å². The molecule has 4 atom stereocenters. The molecule has 0 aromatic carbocycles. The second-order valence-corrected chi connectivity index (χ2v) is 16.6. The molecular formula is C10H30N2O4Si4. The molecule has 4 unspecified atom stereocenters. The van der Waals surface area contributed by atoms with Crippen LogP contribution in [0.25, 0.3) is 0 Å². The van der Waals surface area contributed by atoms with Crippen molar-refractivity contribution in [2.75, 3.05) is 27.2 Å². The molecule has 1 rings (SSSR count). The lowest BCUT2D eigenvalue weighted by atomic mass is 10.8. The fraction of sp³-hybridized carbons (Fsp3) is 1.00. The molecule has 0 aliphatic carbocycles. The van der Waals surface area contributed by atoms with Crippen LogP contribution in [0.5, 0.6) is 0 Å². The number of hydrogen-bond acceptors (Lipinski definition) is 6. The van der Waals surface area contributed by atoms with E-state index in [0.29, 0.717) is 0 Å². The second kappa shape index (κ2) is 7.26. The van der Waals surface area contributed by atoms with Crippen molar-refractivity contribution in [3.63, 3.8) is 0 Å². The monoisotopic (exact) mass is 354 g/mol. The smallest absolute Gasteiger partial charge is 0.407 e. The molecular weight excluding hydrogens is 324 g/mol. The molecule has 0 aromatic rings. The van der Waals surface area contributed by atoms with Crippen LogP contribution in [0.2, 0.25) is 26.2 Å². The maximum absolute atomic E-state index is 6.59. The van der Waals surface area contributed by atoms with Gasteiger partial charge in [0.25, 0.3) is 0 Å². The Kier molecular flexibility index (Phi) is 6.78. The fourth-order valence-electron chi connectivity index (χ4n) is 2.25. The number of hydrogen-bond donors (Lipinski definition) is 0. The van der Waals surface area contributed by atoms with E-state index in [1.165, 1.54) is 0 Å². The van der Waals surface area contributed by atoms with Gasteiger partial charge in [-0.1, -0.05) is 13.8 Å². The van der Waals surface area contributed by atoms with Crippen LogP contribution >= 0.6 is 0 Å². The first-order valence-corrected chi connectivity index (χ1v) is 16.0. The number of rotatable bonds is 4. The fourth-order valence-corrected chi connectivity index (χ4v) is 18.7. The van der Waals surface area contributed by atoms with Gasteiger partial charge in [0, 0.05) is 0 Å².